The van der Waals surface area contributed by atoms with Gasteiger partial charge in [-0.1, -0.05) is 34.6 Å². The smallest absolute Gasteiger partial charge is 0.225 e. The molecule has 1 saturated carbocycles. The number of nitrogens with zero attached hydrogens (tertiary/aromatic N) is 1. The van der Waals surface area contributed by atoms with Gasteiger partial charge < -0.3 is 10.6 Å². The summed E-state index contributed by atoms with van der Waals surface area (Å²) in [5, 5.41) is 9.33. The second kappa shape index (κ2) is 9.67. The molecule has 0 unspecified atom stereocenters. The number of aromatic nitrogens is 1. The molecule has 0 radical (unpaired) electrons. The van der Waals surface area contributed by atoms with Gasteiger partial charge in [-0.15, -0.1) is 11.3 Å². The molecule has 152 valence electrons. The second-order valence-corrected chi connectivity index (χ2v) is 10.2. The first-order valence-electron chi connectivity index (χ1n) is 10.1. The van der Waals surface area contributed by atoms with E-state index in [0.29, 0.717) is 24.2 Å². The van der Waals surface area contributed by atoms with Crippen LogP contribution >= 0.6 is 11.3 Å². The van der Waals surface area contributed by atoms with E-state index in [1.165, 1.54) is 0 Å². The van der Waals surface area contributed by atoms with Gasteiger partial charge in [-0.3, -0.25) is 9.59 Å². The SMILES string of the molecule is CC(C)CC(=O)N[C@@H](c1nccs1)C1CCC(CNC(=O)C(C)(C)C)CC1. The Balaban J connectivity index is 1.90. The van der Waals surface area contributed by atoms with Crippen molar-refractivity contribution in [1.82, 2.24) is 15.6 Å². The van der Waals surface area contributed by atoms with E-state index in [-0.39, 0.29) is 23.3 Å². The van der Waals surface area contributed by atoms with Crippen LogP contribution in [0.25, 0.3) is 0 Å². The third-order valence-electron chi connectivity index (χ3n) is 5.22. The number of thiazole rings is 1. The van der Waals surface area contributed by atoms with Crippen LogP contribution in [0.2, 0.25) is 0 Å². The van der Waals surface area contributed by atoms with E-state index in [1.807, 2.05) is 32.3 Å². The molecule has 2 N–H and O–H groups in total. The molecule has 27 heavy (non-hydrogen) atoms. The van der Waals surface area contributed by atoms with Gasteiger partial charge in [0.15, 0.2) is 0 Å². The maximum absolute atomic E-state index is 12.4. The van der Waals surface area contributed by atoms with E-state index >= 15 is 0 Å². The monoisotopic (exact) mass is 393 g/mol. The standard InChI is InChI=1S/C21H35N3O2S/c1-14(2)12-17(25)24-18(19-22-10-11-27-19)16-8-6-15(7-9-16)13-23-20(26)21(3,4)5/h10-11,14-16,18H,6-9,12-13H2,1-5H3,(H,23,26)(H,24,25)/t15?,16?,18-/m1/s1. The van der Waals surface area contributed by atoms with E-state index in [1.54, 1.807) is 11.3 Å². The first-order valence-corrected chi connectivity index (χ1v) is 11.0. The minimum atomic E-state index is -0.339. The molecule has 1 atom stereocenters. The van der Waals surface area contributed by atoms with Crippen molar-refractivity contribution in [2.24, 2.45) is 23.2 Å². The number of hydrogen-bond donors (Lipinski definition) is 2. The zero-order valence-corrected chi connectivity index (χ0v) is 18.2. The summed E-state index contributed by atoms with van der Waals surface area (Å²) in [6, 6.07) is 0.0152. The van der Waals surface area contributed by atoms with Crippen molar-refractivity contribution >= 4 is 23.2 Å². The van der Waals surface area contributed by atoms with E-state index in [0.717, 1.165) is 37.2 Å². The molecule has 0 aliphatic heterocycles. The van der Waals surface area contributed by atoms with Crippen LogP contribution in [-0.2, 0) is 9.59 Å². The second-order valence-electron chi connectivity index (χ2n) is 9.25. The lowest BCUT2D eigenvalue weighted by atomic mass is 9.78. The van der Waals surface area contributed by atoms with Crippen LogP contribution in [0.15, 0.2) is 11.6 Å². The number of rotatable bonds is 7. The average Bonchev–Trinajstić information content (AvgIpc) is 3.11. The summed E-state index contributed by atoms with van der Waals surface area (Å²) in [5.74, 6) is 1.53. The van der Waals surface area contributed by atoms with Crippen LogP contribution in [0.1, 0.15) is 77.8 Å². The Morgan fingerprint density at radius 2 is 1.89 bits per heavy atom. The summed E-state index contributed by atoms with van der Waals surface area (Å²) in [5.41, 5.74) is -0.339. The quantitative estimate of drug-likeness (QED) is 0.725. The topological polar surface area (TPSA) is 71.1 Å². The fraction of sp³-hybridized carbons (Fsp3) is 0.762. The van der Waals surface area contributed by atoms with Crippen molar-refractivity contribution in [3.63, 3.8) is 0 Å². The van der Waals surface area contributed by atoms with Crippen LogP contribution in [-0.4, -0.2) is 23.3 Å². The number of amides is 2. The van der Waals surface area contributed by atoms with E-state index in [9.17, 15) is 9.59 Å². The highest BCUT2D eigenvalue weighted by Gasteiger charge is 2.32. The molecule has 1 aromatic rings. The average molecular weight is 394 g/mol. The van der Waals surface area contributed by atoms with E-state index in [2.05, 4.69) is 29.5 Å². The highest BCUT2D eigenvalue weighted by atomic mass is 32.1. The fourth-order valence-electron chi connectivity index (χ4n) is 3.60. The van der Waals surface area contributed by atoms with Gasteiger partial charge in [-0.2, -0.15) is 0 Å². The highest BCUT2D eigenvalue weighted by Crippen LogP contribution is 2.37. The molecular weight excluding hydrogens is 358 g/mol. The highest BCUT2D eigenvalue weighted by molar-refractivity contribution is 7.09. The molecule has 1 aliphatic carbocycles. The van der Waals surface area contributed by atoms with Crippen molar-refractivity contribution in [2.75, 3.05) is 6.54 Å². The molecule has 2 rings (SSSR count). The third kappa shape index (κ3) is 6.91. The number of carbonyl (C=O) groups excluding carboxylic acids is 2. The summed E-state index contributed by atoms with van der Waals surface area (Å²) < 4.78 is 0. The largest absolute Gasteiger partial charge is 0.355 e. The molecule has 0 bridgehead atoms. The summed E-state index contributed by atoms with van der Waals surface area (Å²) >= 11 is 1.62. The lowest BCUT2D eigenvalue weighted by Gasteiger charge is -2.34. The summed E-state index contributed by atoms with van der Waals surface area (Å²) in [6.07, 6.45) is 6.64. The predicted molar refractivity (Wildman–Crippen MR) is 110 cm³/mol. The molecule has 1 heterocycles. The zero-order chi connectivity index (χ0) is 20.0. The van der Waals surface area contributed by atoms with Gasteiger partial charge >= 0.3 is 0 Å². The molecule has 0 saturated heterocycles. The van der Waals surface area contributed by atoms with Gasteiger partial charge in [-0.25, -0.2) is 4.98 Å². The number of hydrogen-bond acceptors (Lipinski definition) is 4. The molecule has 6 heteroatoms. The summed E-state index contributed by atoms with van der Waals surface area (Å²) in [7, 11) is 0. The van der Waals surface area contributed by atoms with Gasteiger partial charge in [0.1, 0.15) is 5.01 Å². The molecular formula is C21H35N3O2S. The first kappa shape index (κ1) is 21.9. The van der Waals surface area contributed by atoms with Crippen LogP contribution in [0.5, 0.6) is 0 Å². The predicted octanol–water partition coefficient (Wildman–Crippen LogP) is 4.32. The molecule has 1 aromatic heterocycles. The Morgan fingerprint density at radius 1 is 1.22 bits per heavy atom. The maximum atomic E-state index is 12.4. The summed E-state index contributed by atoms with van der Waals surface area (Å²) in [6.45, 7) is 10.7. The lowest BCUT2D eigenvalue weighted by molar-refractivity contribution is -0.128. The van der Waals surface area contributed by atoms with Gasteiger partial charge in [0.05, 0.1) is 6.04 Å². The van der Waals surface area contributed by atoms with Crippen LogP contribution < -0.4 is 10.6 Å². The minimum Gasteiger partial charge on any atom is -0.355 e. The summed E-state index contributed by atoms with van der Waals surface area (Å²) in [4.78, 5) is 28.9. The van der Waals surface area contributed by atoms with Crippen molar-refractivity contribution < 1.29 is 9.59 Å². The lowest BCUT2D eigenvalue weighted by Crippen LogP contribution is -2.40. The molecule has 1 fully saturated rings. The Bertz CT molecular complexity index is 599. The number of nitrogens with one attached hydrogen (secondary N) is 2. The van der Waals surface area contributed by atoms with Crippen molar-refractivity contribution in [3.8, 4) is 0 Å². The maximum Gasteiger partial charge on any atom is 0.225 e. The van der Waals surface area contributed by atoms with Crippen molar-refractivity contribution in [2.45, 2.75) is 72.8 Å². The van der Waals surface area contributed by atoms with Crippen LogP contribution in [0.4, 0.5) is 0 Å². The Labute approximate surface area is 167 Å². The van der Waals surface area contributed by atoms with E-state index in [4.69, 9.17) is 0 Å². The van der Waals surface area contributed by atoms with Crippen LogP contribution in [0.3, 0.4) is 0 Å². The van der Waals surface area contributed by atoms with Crippen molar-refractivity contribution in [3.05, 3.63) is 16.6 Å². The Kier molecular flexibility index (Phi) is 7.83. The molecule has 0 aromatic carbocycles. The molecule has 2 amide bonds. The molecule has 1 aliphatic rings. The molecule has 0 spiro atoms. The first-order chi connectivity index (χ1) is 12.7. The van der Waals surface area contributed by atoms with Gasteiger partial charge in [-0.05, 0) is 43.4 Å². The Hall–Kier alpha value is -1.43. The van der Waals surface area contributed by atoms with E-state index < -0.39 is 0 Å². The van der Waals surface area contributed by atoms with Gasteiger partial charge in [0.2, 0.25) is 11.8 Å². The van der Waals surface area contributed by atoms with Gasteiger partial charge in [0, 0.05) is 30.0 Å². The fourth-order valence-corrected chi connectivity index (χ4v) is 4.38. The van der Waals surface area contributed by atoms with Gasteiger partial charge in [0.25, 0.3) is 0 Å². The normalized spacial score (nSPS) is 21.7. The minimum absolute atomic E-state index is 0.0152. The zero-order valence-electron chi connectivity index (χ0n) is 17.4. The molecule has 5 nitrogen and oxygen atoms in total. The van der Waals surface area contributed by atoms with Crippen LogP contribution in [0, 0.1) is 23.2 Å². The number of carbonyl (C=O) groups is 2. The Morgan fingerprint density at radius 3 is 2.41 bits per heavy atom. The van der Waals surface area contributed by atoms with Crippen molar-refractivity contribution in [1.29, 1.82) is 0 Å². The third-order valence-corrected chi connectivity index (χ3v) is 6.08.